The minimum absolute atomic E-state index is 0.100. The Morgan fingerprint density at radius 2 is 2.04 bits per heavy atom. The monoisotopic (exact) mass is 407 g/mol. The first-order valence-electron chi connectivity index (χ1n) is 7.57. The minimum Gasteiger partial charge on any atom is -0.335 e. The van der Waals surface area contributed by atoms with Crippen LogP contribution in [0.15, 0.2) is 18.2 Å². The molecule has 1 aliphatic heterocycles. The smallest absolute Gasteiger partial charge is 0.303 e. The van der Waals surface area contributed by atoms with Crippen molar-refractivity contribution in [2.24, 2.45) is 0 Å². The molecule has 0 aliphatic carbocycles. The van der Waals surface area contributed by atoms with E-state index in [1.54, 1.807) is 23.1 Å². The van der Waals surface area contributed by atoms with Crippen molar-refractivity contribution in [1.29, 1.82) is 0 Å². The van der Waals surface area contributed by atoms with Crippen LogP contribution < -0.4 is 4.72 Å². The van der Waals surface area contributed by atoms with Crippen molar-refractivity contribution < 1.29 is 18.0 Å². The molecule has 0 aromatic heterocycles. The van der Waals surface area contributed by atoms with Crippen molar-refractivity contribution in [2.45, 2.75) is 31.8 Å². The molecule has 25 heavy (non-hydrogen) atoms. The van der Waals surface area contributed by atoms with Crippen molar-refractivity contribution in [3.05, 3.63) is 33.8 Å². The van der Waals surface area contributed by atoms with Gasteiger partial charge in [0, 0.05) is 39.5 Å². The number of hydrogen-bond acceptors (Lipinski definition) is 4. The largest absolute Gasteiger partial charge is 0.335 e. The number of hydrogen-bond donors (Lipinski definition) is 1. The Balaban J connectivity index is 2.09. The van der Waals surface area contributed by atoms with Crippen LogP contribution in [0.1, 0.15) is 24.8 Å². The van der Waals surface area contributed by atoms with E-state index in [4.69, 9.17) is 23.2 Å². The van der Waals surface area contributed by atoms with Crippen LogP contribution in [0.3, 0.4) is 0 Å². The molecule has 1 heterocycles. The number of carbonyl (C=O) groups excluding carboxylic acids is 2. The molecule has 1 aromatic carbocycles. The Hall–Kier alpha value is -1.35. The van der Waals surface area contributed by atoms with Crippen LogP contribution in [0.2, 0.25) is 10.0 Å². The van der Waals surface area contributed by atoms with E-state index in [0.29, 0.717) is 28.5 Å². The van der Waals surface area contributed by atoms with Gasteiger partial charge in [-0.25, -0.2) is 4.72 Å². The zero-order chi connectivity index (χ0) is 18.8. The van der Waals surface area contributed by atoms with Gasteiger partial charge >= 0.3 is 10.2 Å². The second-order valence-corrected chi connectivity index (χ2v) is 8.61. The van der Waals surface area contributed by atoms with Crippen LogP contribution in [0.4, 0.5) is 0 Å². The lowest BCUT2D eigenvalue weighted by Crippen LogP contribution is -2.42. The number of amides is 2. The summed E-state index contributed by atoms with van der Waals surface area (Å²) in [4.78, 5) is 25.7. The lowest BCUT2D eigenvalue weighted by atomic mass is 10.1. The van der Waals surface area contributed by atoms with E-state index >= 15 is 0 Å². The van der Waals surface area contributed by atoms with Gasteiger partial charge < -0.3 is 4.90 Å². The average Bonchev–Trinajstić information content (AvgIpc) is 2.84. The molecule has 1 atom stereocenters. The van der Waals surface area contributed by atoms with Gasteiger partial charge in [-0.2, -0.15) is 12.7 Å². The lowest BCUT2D eigenvalue weighted by Gasteiger charge is -2.25. The summed E-state index contributed by atoms with van der Waals surface area (Å²) in [6.45, 7) is 0.219. The number of halogens is 2. The van der Waals surface area contributed by atoms with E-state index in [1.165, 1.54) is 14.1 Å². The van der Waals surface area contributed by atoms with Gasteiger partial charge in [0.15, 0.2) is 0 Å². The highest BCUT2D eigenvalue weighted by molar-refractivity contribution is 7.87. The first-order chi connectivity index (χ1) is 11.6. The Bertz CT molecular complexity index is 783. The van der Waals surface area contributed by atoms with Gasteiger partial charge in [0.2, 0.25) is 11.8 Å². The summed E-state index contributed by atoms with van der Waals surface area (Å²) in [5.74, 6) is -0.764. The quantitative estimate of drug-likeness (QED) is 0.778. The number of nitrogens with zero attached hydrogens (tertiary/aromatic N) is 2. The summed E-state index contributed by atoms with van der Waals surface area (Å²) in [5.41, 5.74) is 0.677. The van der Waals surface area contributed by atoms with Gasteiger partial charge in [-0.1, -0.05) is 35.3 Å². The fourth-order valence-corrected chi connectivity index (χ4v) is 3.50. The first kappa shape index (κ1) is 20.0. The maximum Gasteiger partial charge on any atom is 0.303 e. The third kappa shape index (κ3) is 4.84. The van der Waals surface area contributed by atoms with Crippen molar-refractivity contribution in [3.63, 3.8) is 0 Å². The average molecular weight is 408 g/mol. The highest BCUT2D eigenvalue weighted by Gasteiger charge is 2.33. The summed E-state index contributed by atoms with van der Waals surface area (Å²) in [7, 11) is -1.21. The number of benzene rings is 1. The molecule has 2 rings (SSSR count). The van der Waals surface area contributed by atoms with Gasteiger partial charge in [-0.05, 0) is 18.1 Å². The molecule has 2 amide bonds. The van der Waals surface area contributed by atoms with Crippen molar-refractivity contribution >= 4 is 45.2 Å². The molecule has 0 saturated carbocycles. The molecule has 1 aliphatic rings. The van der Waals surface area contributed by atoms with E-state index in [2.05, 4.69) is 0 Å². The molecular weight excluding hydrogens is 389 g/mol. The summed E-state index contributed by atoms with van der Waals surface area (Å²) >= 11 is 12.1. The maximum absolute atomic E-state index is 12.2. The molecule has 10 heteroatoms. The molecule has 0 radical (unpaired) electrons. The van der Waals surface area contributed by atoms with Crippen LogP contribution >= 0.6 is 23.2 Å². The second-order valence-electron chi connectivity index (χ2n) is 5.94. The zero-order valence-corrected chi connectivity index (χ0v) is 16.2. The van der Waals surface area contributed by atoms with Crippen LogP contribution in [-0.4, -0.2) is 49.6 Å². The van der Waals surface area contributed by atoms with Gasteiger partial charge in [0.1, 0.15) is 0 Å². The molecule has 138 valence electrons. The van der Waals surface area contributed by atoms with E-state index in [9.17, 15) is 18.0 Å². The van der Waals surface area contributed by atoms with E-state index < -0.39 is 16.1 Å². The van der Waals surface area contributed by atoms with Crippen molar-refractivity contribution in [1.82, 2.24) is 13.9 Å². The number of nitrogens with one attached hydrogen (secondary N) is 1. The third-order valence-corrected chi connectivity index (χ3v) is 6.27. The number of rotatable bonds is 6. The molecular formula is C15H19Cl2N3O4S. The summed E-state index contributed by atoms with van der Waals surface area (Å²) < 4.78 is 26.3. The van der Waals surface area contributed by atoms with Crippen molar-refractivity contribution in [2.75, 3.05) is 14.1 Å². The normalized spacial score (nSPS) is 18.0. The molecule has 1 aromatic rings. The SMILES string of the molecule is CN(C)S(=O)(=O)NC(=O)CC1CCC(=O)N1Cc1cccc(Cl)c1Cl. The van der Waals surface area contributed by atoms with Crippen LogP contribution in [0.5, 0.6) is 0 Å². The first-order valence-corrected chi connectivity index (χ1v) is 9.77. The van der Waals surface area contributed by atoms with Gasteiger partial charge in [0.25, 0.3) is 0 Å². The van der Waals surface area contributed by atoms with Crippen molar-refractivity contribution in [3.8, 4) is 0 Å². The Morgan fingerprint density at radius 1 is 1.36 bits per heavy atom. The van der Waals surface area contributed by atoms with Crippen LogP contribution in [0.25, 0.3) is 0 Å². The minimum atomic E-state index is -3.85. The number of likely N-dealkylation sites (tertiary alicyclic amines) is 1. The van der Waals surface area contributed by atoms with Gasteiger partial charge in [0.05, 0.1) is 10.0 Å². The van der Waals surface area contributed by atoms with E-state index in [-0.39, 0.29) is 24.9 Å². The maximum atomic E-state index is 12.2. The summed E-state index contributed by atoms with van der Waals surface area (Å²) in [6.07, 6.45) is 0.681. The Morgan fingerprint density at radius 3 is 2.68 bits per heavy atom. The number of carbonyl (C=O) groups is 2. The summed E-state index contributed by atoms with van der Waals surface area (Å²) in [6, 6.07) is 4.75. The second kappa shape index (κ2) is 7.90. The molecule has 1 saturated heterocycles. The molecule has 0 spiro atoms. The highest BCUT2D eigenvalue weighted by Crippen LogP contribution is 2.30. The van der Waals surface area contributed by atoms with Gasteiger partial charge in [-0.3, -0.25) is 9.59 Å². The highest BCUT2D eigenvalue weighted by atomic mass is 35.5. The van der Waals surface area contributed by atoms with Crippen LogP contribution in [-0.2, 0) is 26.3 Å². The molecule has 1 fully saturated rings. The van der Waals surface area contributed by atoms with E-state index in [1.807, 2.05) is 4.72 Å². The molecule has 7 nitrogen and oxygen atoms in total. The molecule has 1 N–H and O–H groups in total. The van der Waals surface area contributed by atoms with E-state index in [0.717, 1.165) is 4.31 Å². The predicted molar refractivity (Wildman–Crippen MR) is 95.4 cm³/mol. The topological polar surface area (TPSA) is 86.8 Å². The molecule has 1 unspecified atom stereocenters. The van der Waals surface area contributed by atoms with Gasteiger partial charge in [-0.15, -0.1) is 0 Å². The van der Waals surface area contributed by atoms with Crippen LogP contribution in [0, 0.1) is 0 Å². The Kier molecular flexibility index (Phi) is 6.31. The summed E-state index contributed by atoms with van der Waals surface area (Å²) in [5, 5.41) is 0.749. The molecule has 0 bridgehead atoms. The fraction of sp³-hybridized carbons (Fsp3) is 0.467. The zero-order valence-electron chi connectivity index (χ0n) is 13.8. The Labute approximate surface area is 157 Å². The third-order valence-electron chi connectivity index (χ3n) is 3.97. The fourth-order valence-electron chi connectivity index (χ4n) is 2.57. The standard InChI is InChI=1S/C15H19Cl2N3O4S/c1-19(2)25(23,24)18-13(21)8-11-6-7-14(22)20(11)9-10-4-3-5-12(16)15(10)17/h3-5,11H,6-9H2,1-2H3,(H,18,21). The predicted octanol–water partition coefficient (Wildman–Crippen LogP) is 1.80. The lowest BCUT2D eigenvalue weighted by molar-refractivity contribution is -0.130.